The normalized spacial score (nSPS) is 13.4. The van der Waals surface area contributed by atoms with Crippen LogP contribution in [0.3, 0.4) is 0 Å². The number of para-hydroxylation sites is 1. The van der Waals surface area contributed by atoms with Crippen LogP contribution in [-0.4, -0.2) is 15.0 Å². The van der Waals surface area contributed by atoms with Crippen LogP contribution in [0, 0.1) is 0 Å². The van der Waals surface area contributed by atoms with Crippen LogP contribution < -0.4 is 0 Å². The van der Waals surface area contributed by atoms with E-state index in [1.54, 1.807) is 0 Å². The molecule has 2 heterocycles. The zero-order valence-corrected chi connectivity index (χ0v) is 22.2. The molecule has 0 atom stereocenters. The van der Waals surface area contributed by atoms with E-state index in [1.807, 2.05) is 72.8 Å². The first-order chi connectivity index (χ1) is 19.6. The van der Waals surface area contributed by atoms with Crippen LogP contribution in [-0.2, 0) is 5.41 Å². The van der Waals surface area contributed by atoms with E-state index in [2.05, 4.69) is 56.3 Å². The Morgan fingerprint density at radius 3 is 1.82 bits per heavy atom. The summed E-state index contributed by atoms with van der Waals surface area (Å²) in [5.74, 6) is 1.93. The third kappa shape index (κ3) is 3.29. The van der Waals surface area contributed by atoms with E-state index in [0.717, 1.165) is 38.6 Å². The summed E-state index contributed by atoms with van der Waals surface area (Å²) in [6, 6.07) is 39.4. The zero-order valence-electron chi connectivity index (χ0n) is 22.2. The van der Waals surface area contributed by atoms with E-state index in [-0.39, 0.29) is 5.41 Å². The highest BCUT2D eigenvalue weighted by Crippen LogP contribution is 2.56. The lowest BCUT2D eigenvalue weighted by molar-refractivity contribution is 0.657. The molecule has 7 aromatic rings. The second-order valence-corrected chi connectivity index (χ2v) is 10.9. The van der Waals surface area contributed by atoms with E-state index in [1.165, 1.54) is 22.3 Å². The molecule has 0 fully saturated rings. The minimum absolute atomic E-state index is 0.232. The number of aromatic nitrogens is 3. The second kappa shape index (κ2) is 8.45. The van der Waals surface area contributed by atoms with Crippen molar-refractivity contribution < 1.29 is 4.42 Å². The fourth-order valence-corrected chi connectivity index (χ4v) is 6.28. The predicted molar refractivity (Wildman–Crippen MR) is 161 cm³/mol. The summed E-state index contributed by atoms with van der Waals surface area (Å²) in [5.41, 5.74) is 9.29. The highest BCUT2D eigenvalue weighted by Gasteiger charge is 2.40. The SMILES string of the molecule is CC1(C)c2ccccc2-c2c(-c3nc(-c4ccccc4)nc(-c4ccccc4)n3)cc3oc4ccccc4c3c21. The van der Waals surface area contributed by atoms with Gasteiger partial charge in [0.1, 0.15) is 11.2 Å². The van der Waals surface area contributed by atoms with Crippen LogP contribution in [0.1, 0.15) is 25.0 Å². The lowest BCUT2D eigenvalue weighted by Gasteiger charge is -2.22. The monoisotopic (exact) mass is 515 g/mol. The van der Waals surface area contributed by atoms with Crippen LogP contribution >= 0.6 is 0 Å². The molecule has 0 amide bonds. The molecule has 0 spiro atoms. The Bertz CT molecular complexity index is 2020. The van der Waals surface area contributed by atoms with Crippen molar-refractivity contribution in [2.75, 3.05) is 0 Å². The molecule has 8 rings (SSSR count). The number of hydrogen-bond acceptors (Lipinski definition) is 4. The lowest BCUT2D eigenvalue weighted by atomic mass is 9.80. The minimum atomic E-state index is -0.232. The number of nitrogens with zero attached hydrogens (tertiary/aromatic N) is 3. The molecule has 1 aliphatic carbocycles. The highest BCUT2D eigenvalue weighted by atomic mass is 16.3. The maximum atomic E-state index is 6.49. The molecule has 4 nitrogen and oxygen atoms in total. The Morgan fingerprint density at radius 1 is 0.550 bits per heavy atom. The topological polar surface area (TPSA) is 51.8 Å². The summed E-state index contributed by atoms with van der Waals surface area (Å²) < 4.78 is 6.49. The van der Waals surface area contributed by atoms with Gasteiger partial charge in [-0.05, 0) is 34.4 Å². The van der Waals surface area contributed by atoms with Crippen molar-refractivity contribution in [1.29, 1.82) is 0 Å². The van der Waals surface area contributed by atoms with Crippen LogP contribution in [0.25, 0.3) is 67.2 Å². The van der Waals surface area contributed by atoms with Crippen molar-refractivity contribution in [2.24, 2.45) is 0 Å². The van der Waals surface area contributed by atoms with E-state index in [4.69, 9.17) is 19.4 Å². The van der Waals surface area contributed by atoms with Crippen molar-refractivity contribution >= 4 is 21.9 Å². The zero-order chi connectivity index (χ0) is 26.8. The molecule has 0 bridgehead atoms. The van der Waals surface area contributed by atoms with Crippen molar-refractivity contribution in [1.82, 2.24) is 15.0 Å². The summed E-state index contributed by atoms with van der Waals surface area (Å²) in [6.07, 6.45) is 0. The molecule has 190 valence electrons. The Morgan fingerprint density at radius 2 is 1.12 bits per heavy atom. The van der Waals surface area contributed by atoms with Gasteiger partial charge in [0.15, 0.2) is 17.5 Å². The Hall–Kier alpha value is -5.09. The molecule has 0 saturated heterocycles. The molecule has 40 heavy (non-hydrogen) atoms. The summed E-state index contributed by atoms with van der Waals surface area (Å²) in [6.45, 7) is 4.61. The van der Waals surface area contributed by atoms with Gasteiger partial charge in [-0.3, -0.25) is 0 Å². The smallest absolute Gasteiger partial charge is 0.164 e. The van der Waals surface area contributed by atoms with Gasteiger partial charge >= 0.3 is 0 Å². The number of hydrogen-bond donors (Lipinski definition) is 0. The molecule has 4 heteroatoms. The average molecular weight is 516 g/mol. The largest absolute Gasteiger partial charge is 0.456 e. The molecule has 0 aliphatic heterocycles. The van der Waals surface area contributed by atoms with Crippen molar-refractivity contribution in [2.45, 2.75) is 19.3 Å². The maximum absolute atomic E-state index is 6.49. The molecule has 0 saturated carbocycles. The van der Waals surface area contributed by atoms with Crippen LogP contribution in [0.15, 0.2) is 120 Å². The van der Waals surface area contributed by atoms with Gasteiger partial charge in [0.2, 0.25) is 0 Å². The summed E-state index contributed by atoms with van der Waals surface area (Å²) >= 11 is 0. The second-order valence-electron chi connectivity index (χ2n) is 10.9. The van der Waals surface area contributed by atoms with Gasteiger partial charge in [-0.25, -0.2) is 15.0 Å². The minimum Gasteiger partial charge on any atom is -0.456 e. The van der Waals surface area contributed by atoms with Gasteiger partial charge in [0, 0.05) is 32.9 Å². The van der Waals surface area contributed by atoms with Gasteiger partial charge < -0.3 is 4.42 Å². The van der Waals surface area contributed by atoms with Gasteiger partial charge in [-0.2, -0.15) is 0 Å². The Labute approximate surface area is 232 Å². The molecule has 5 aromatic carbocycles. The lowest BCUT2D eigenvalue weighted by Crippen LogP contribution is -2.15. The first-order valence-electron chi connectivity index (χ1n) is 13.6. The molecule has 0 unspecified atom stereocenters. The summed E-state index contributed by atoms with van der Waals surface area (Å²) in [4.78, 5) is 15.1. The quantitative estimate of drug-likeness (QED) is 0.235. The fraction of sp³-hybridized carbons (Fsp3) is 0.0833. The summed E-state index contributed by atoms with van der Waals surface area (Å²) in [7, 11) is 0. The number of furan rings is 1. The molecule has 1 aliphatic rings. The van der Waals surface area contributed by atoms with Crippen LogP contribution in [0.2, 0.25) is 0 Å². The molecular weight excluding hydrogens is 490 g/mol. The van der Waals surface area contributed by atoms with Crippen molar-refractivity contribution in [3.8, 4) is 45.3 Å². The van der Waals surface area contributed by atoms with E-state index in [9.17, 15) is 0 Å². The Balaban J connectivity index is 1.51. The van der Waals surface area contributed by atoms with Gasteiger partial charge in [0.05, 0.1) is 0 Å². The van der Waals surface area contributed by atoms with Gasteiger partial charge in [-0.1, -0.05) is 117 Å². The number of rotatable bonds is 3. The number of fused-ring (bicyclic) bond motifs is 7. The van der Waals surface area contributed by atoms with Crippen LogP contribution in [0.4, 0.5) is 0 Å². The molecule has 2 aromatic heterocycles. The standard InChI is InChI=1S/C36H25N3O/c1-36(2)27-19-11-9-17-24(27)30-26(21-29-31(32(30)36)25-18-10-12-20-28(25)40-29)35-38-33(22-13-5-3-6-14-22)37-34(39-35)23-15-7-4-8-16-23/h3-21H,1-2H3. The fourth-order valence-electron chi connectivity index (χ4n) is 6.28. The number of benzene rings is 5. The third-order valence-electron chi connectivity index (χ3n) is 8.10. The van der Waals surface area contributed by atoms with Crippen molar-refractivity contribution in [3.05, 3.63) is 126 Å². The Kier molecular flexibility index (Phi) is 4.83. The first-order valence-corrected chi connectivity index (χ1v) is 13.6. The third-order valence-corrected chi connectivity index (χ3v) is 8.10. The van der Waals surface area contributed by atoms with Crippen LogP contribution in [0.5, 0.6) is 0 Å². The van der Waals surface area contributed by atoms with E-state index >= 15 is 0 Å². The molecule has 0 radical (unpaired) electrons. The van der Waals surface area contributed by atoms with Crippen molar-refractivity contribution in [3.63, 3.8) is 0 Å². The molecule has 0 N–H and O–H groups in total. The maximum Gasteiger partial charge on any atom is 0.164 e. The van der Waals surface area contributed by atoms with Gasteiger partial charge in [0.25, 0.3) is 0 Å². The molecular formula is C36H25N3O. The average Bonchev–Trinajstić information content (AvgIpc) is 3.49. The predicted octanol–water partition coefficient (Wildman–Crippen LogP) is 9.08. The first kappa shape index (κ1) is 22.9. The van der Waals surface area contributed by atoms with E-state index < -0.39 is 0 Å². The van der Waals surface area contributed by atoms with E-state index in [0.29, 0.717) is 17.5 Å². The van der Waals surface area contributed by atoms with Gasteiger partial charge in [-0.15, -0.1) is 0 Å². The highest BCUT2D eigenvalue weighted by molar-refractivity contribution is 6.13. The summed E-state index contributed by atoms with van der Waals surface area (Å²) in [5, 5.41) is 2.29.